The van der Waals surface area contributed by atoms with Crippen LogP contribution in [-0.2, 0) is 14.4 Å². The molecule has 2 aromatic rings. The average molecular weight is 370 g/mol. The molecule has 1 aliphatic heterocycles. The Balaban J connectivity index is 1.70. The third kappa shape index (κ3) is 3.80. The van der Waals surface area contributed by atoms with Crippen molar-refractivity contribution in [3.05, 3.63) is 42.3 Å². The number of carbonyl (C=O) groups is 3. The van der Waals surface area contributed by atoms with Crippen LogP contribution in [0.4, 0.5) is 10.8 Å². The number of carbonyl (C=O) groups excluding carboxylic acids is 3. The van der Waals surface area contributed by atoms with Crippen LogP contribution in [0.3, 0.4) is 0 Å². The van der Waals surface area contributed by atoms with Gasteiger partial charge in [-0.05, 0) is 24.6 Å². The van der Waals surface area contributed by atoms with E-state index in [1.54, 1.807) is 6.07 Å². The topological polar surface area (TPSA) is 91.4 Å². The molecule has 3 rings (SSSR count). The van der Waals surface area contributed by atoms with Gasteiger partial charge >= 0.3 is 0 Å². The lowest BCUT2D eigenvalue weighted by molar-refractivity contribution is -0.141. The van der Waals surface area contributed by atoms with Gasteiger partial charge in [0.25, 0.3) is 0 Å². The van der Waals surface area contributed by atoms with Gasteiger partial charge in [0, 0.05) is 30.1 Å². The minimum atomic E-state index is -0.463. The summed E-state index contributed by atoms with van der Waals surface area (Å²) in [5.41, 5.74) is 2.16. The number of likely N-dealkylation sites (tertiary alicyclic amines) is 1. The van der Waals surface area contributed by atoms with E-state index in [-0.39, 0.29) is 17.7 Å². The number of benzene rings is 1. The van der Waals surface area contributed by atoms with Crippen molar-refractivity contribution in [1.29, 1.82) is 0 Å². The number of anilines is 2. The maximum atomic E-state index is 12.4. The molecule has 1 fully saturated rings. The lowest BCUT2D eigenvalue weighted by Gasteiger charge is -2.39. The van der Waals surface area contributed by atoms with Crippen LogP contribution in [0.2, 0.25) is 0 Å². The summed E-state index contributed by atoms with van der Waals surface area (Å²) in [5, 5.41) is 7.85. The van der Waals surface area contributed by atoms with Crippen molar-refractivity contribution >= 4 is 39.9 Å². The van der Waals surface area contributed by atoms with Gasteiger partial charge in [-0.15, -0.1) is 11.3 Å². The second kappa shape index (κ2) is 7.49. The highest BCUT2D eigenvalue weighted by molar-refractivity contribution is 7.14. The van der Waals surface area contributed by atoms with Gasteiger partial charge in [-0.25, -0.2) is 4.98 Å². The number of hydrogen-bond donors (Lipinski definition) is 2. The molecule has 0 radical (unpaired) electrons. The molecule has 1 aromatic carbocycles. The summed E-state index contributed by atoms with van der Waals surface area (Å²) < 4.78 is 0. The fourth-order valence-corrected chi connectivity index (χ4v) is 3.40. The van der Waals surface area contributed by atoms with E-state index < -0.39 is 6.04 Å². The van der Waals surface area contributed by atoms with E-state index >= 15 is 0 Å². The van der Waals surface area contributed by atoms with Crippen molar-refractivity contribution in [2.75, 3.05) is 17.2 Å². The Labute approximate surface area is 154 Å². The summed E-state index contributed by atoms with van der Waals surface area (Å²) in [5.74, 6) is -0.634. The van der Waals surface area contributed by atoms with Gasteiger partial charge in [0.05, 0.1) is 5.69 Å². The Bertz CT molecular complexity index is 877. The zero-order chi connectivity index (χ0) is 18.7. The molecular weight excluding hydrogens is 352 g/mol. The molecule has 0 spiro atoms. The molecule has 7 nitrogen and oxygen atoms in total. The van der Waals surface area contributed by atoms with E-state index in [1.807, 2.05) is 23.6 Å². The predicted molar refractivity (Wildman–Crippen MR) is 101 cm³/mol. The Hall–Kier alpha value is -3.00. The molecule has 26 heavy (non-hydrogen) atoms. The molecule has 0 bridgehead atoms. The van der Waals surface area contributed by atoms with Crippen molar-refractivity contribution in [3.63, 3.8) is 0 Å². The Kier molecular flexibility index (Phi) is 5.13. The Morgan fingerprint density at radius 3 is 2.81 bits per heavy atom. The average Bonchev–Trinajstić information content (AvgIpc) is 3.01. The predicted octanol–water partition coefficient (Wildman–Crippen LogP) is 2.49. The summed E-state index contributed by atoms with van der Waals surface area (Å²) in [4.78, 5) is 41.0. The van der Waals surface area contributed by atoms with E-state index in [0.29, 0.717) is 29.5 Å². The highest BCUT2D eigenvalue weighted by atomic mass is 32.1. The molecule has 0 unspecified atom stereocenters. The van der Waals surface area contributed by atoms with Crippen molar-refractivity contribution in [2.24, 2.45) is 0 Å². The number of rotatable bonds is 5. The summed E-state index contributed by atoms with van der Waals surface area (Å²) in [7, 11) is 0. The zero-order valence-corrected chi connectivity index (χ0v) is 15.0. The molecule has 2 N–H and O–H groups in total. The van der Waals surface area contributed by atoms with E-state index in [9.17, 15) is 14.4 Å². The van der Waals surface area contributed by atoms with Gasteiger partial charge in [-0.1, -0.05) is 18.7 Å². The number of nitrogens with one attached hydrogen (secondary N) is 2. The van der Waals surface area contributed by atoms with E-state index in [2.05, 4.69) is 22.2 Å². The lowest BCUT2D eigenvalue weighted by Crippen LogP contribution is -2.56. The minimum Gasteiger partial charge on any atom is -0.327 e. The Morgan fingerprint density at radius 1 is 1.35 bits per heavy atom. The largest absolute Gasteiger partial charge is 0.327 e. The van der Waals surface area contributed by atoms with Gasteiger partial charge in [0.2, 0.25) is 17.7 Å². The van der Waals surface area contributed by atoms with Crippen molar-refractivity contribution in [2.45, 2.75) is 19.4 Å². The van der Waals surface area contributed by atoms with E-state index in [0.717, 1.165) is 5.56 Å². The fourth-order valence-electron chi connectivity index (χ4n) is 2.64. The van der Waals surface area contributed by atoms with Crippen LogP contribution in [0.25, 0.3) is 11.3 Å². The summed E-state index contributed by atoms with van der Waals surface area (Å²) in [6.07, 6.45) is 1.85. The van der Waals surface area contributed by atoms with Crippen LogP contribution in [0, 0.1) is 0 Å². The molecule has 134 valence electrons. The van der Waals surface area contributed by atoms with Gasteiger partial charge in [-0.2, -0.15) is 0 Å². The van der Waals surface area contributed by atoms with Gasteiger partial charge in [0.15, 0.2) is 5.13 Å². The number of hydrogen-bond acceptors (Lipinski definition) is 5. The van der Waals surface area contributed by atoms with E-state index in [1.165, 1.54) is 29.2 Å². The number of aromatic nitrogens is 1. The quantitative estimate of drug-likeness (QED) is 0.791. The lowest BCUT2D eigenvalue weighted by atomic mass is 10.0. The van der Waals surface area contributed by atoms with Crippen LogP contribution in [0.5, 0.6) is 0 Å². The maximum absolute atomic E-state index is 12.4. The third-order valence-corrected chi connectivity index (χ3v) is 4.75. The SMILES string of the molecule is C=CC(=O)N1CC[C@@H]1C(=O)Nc1cccc(-c2csc(NC(C)=O)n2)c1. The summed E-state index contributed by atoms with van der Waals surface area (Å²) >= 11 is 1.33. The minimum absolute atomic E-state index is 0.175. The molecule has 3 amide bonds. The molecule has 1 atom stereocenters. The normalized spacial score (nSPS) is 15.7. The Morgan fingerprint density at radius 2 is 2.15 bits per heavy atom. The van der Waals surface area contributed by atoms with Crippen LogP contribution < -0.4 is 10.6 Å². The summed E-state index contributed by atoms with van der Waals surface area (Å²) in [6.45, 7) is 5.44. The number of amides is 3. The van der Waals surface area contributed by atoms with Crippen LogP contribution in [0.1, 0.15) is 13.3 Å². The van der Waals surface area contributed by atoms with Crippen LogP contribution in [0.15, 0.2) is 42.3 Å². The number of thiazole rings is 1. The molecule has 0 aliphatic carbocycles. The molecule has 1 aliphatic rings. The highest BCUT2D eigenvalue weighted by Crippen LogP contribution is 2.27. The van der Waals surface area contributed by atoms with Crippen LogP contribution >= 0.6 is 11.3 Å². The number of nitrogens with zero attached hydrogens (tertiary/aromatic N) is 2. The second-order valence-corrected chi connectivity index (χ2v) is 6.69. The first-order valence-corrected chi connectivity index (χ1v) is 8.93. The van der Waals surface area contributed by atoms with E-state index in [4.69, 9.17) is 0 Å². The van der Waals surface area contributed by atoms with Crippen molar-refractivity contribution < 1.29 is 14.4 Å². The monoisotopic (exact) mass is 370 g/mol. The first-order valence-electron chi connectivity index (χ1n) is 8.05. The second-order valence-electron chi connectivity index (χ2n) is 5.83. The van der Waals surface area contributed by atoms with Gasteiger partial charge < -0.3 is 15.5 Å². The van der Waals surface area contributed by atoms with Crippen LogP contribution in [-0.4, -0.2) is 40.2 Å². The van der Waals surface area contributed by atoms with Gasteiger partial charge in [-0.3, -0.25) is 14.4 Å². The maximum Gasteiger partial charge on any atom is 0.247 e. The molecule has 8 heteroatoms. The molecule has 1 saturated heterocycles. The summed E-state index contributed by atoms with van der Waals surface area (Å²) in [6, 6.07) is 6.81. The first-order chi connectivity index (χ1) is 12.5. The standard InChI is InChI=1S/C18H18N4O3S/c1-3-16(24)22-8-7-15(22)17(25)20-13-6-4-5-12(9-13)14-10-26-18(21-14)19-11(2)23/h3-6,9-10,15H,1,7-8H2,2H3,(H,20,25)(H,19,21,23)/t15-/m1/s1. The smallest absolute Gasteiger partial charge is 0.247 e. The molecule has 1 aromatic heterocycles. The zero-order valence-electron chi connectivity index (χ0n) is 14.2. The molecule has 0 saturated carbocycles. The molecule has 2 heterocycles. The fraction of sp³-hybridized carbons (Fsp3) is 0.222. The van der Waals surface area contributed by atoms with Crippen molar-refractivity contribution in [1.82, 2.24) is 9.88 Å². The third-order valence-electron chi connectivity index (χ3n) is 3.99. The van der Waals surface area contributed by atoms with Gasteiger partial charge in [0.1, 0.15) is 6.04 Å². The first kappa shape index (κ1) is 17.8. The molecular formula is C18H18N4O3S. The van der Waals surface area contributed by atoms with Crippen molar-refractivity contribution in [3.8, 4) is 11.3 Å². The highest BCUT2D eigenvalue weighted by Gasteiger charge is 2.36.